The van der Waals surface area contributed by atoms with E-state index in [-0.39, 0.29) is 10.5 Å². The minimum Gasteiger partial charge on any atom is -0.465 e. The molecular formula is C26H29N3O4S. The number of esters is 2. The normalized spacial score (nSPS) is 20.3. The number of ether oxygens (including phenoxy) is 2. The third kappa shape index (κ3) is 3.66. The Morgan fingerprint density at radius 2 is 1.53 bits per heavy atom. The van der Waals surface area contributed by atoms with Gasteiger partial charge in [-0.05, 0) is 37.6 Å². The van der Waals surface area contributed by atoms with Crippen LogP contribution >= 0.6 is 11.8 Å². The molecule has 0 bridgehead atoms. The van der Waals surface area contributed by atoms with Crippen molar-refractivity contribution in [1.82, 2.24) is 0 Å². The summed E-state index contributed by atoms with van der Waals surface area (Å²) in [6, 6.07) is 17.6. The second-order valence-corrected chi connectivity index (χ2v) is 8.95. The van der Waals surface area contributed by atoms with Crippen molar-refractivity contribution in [2.75, 3.05) is 37.1 Å². The van der Waals surface area contributed by atoms with Crippen molar-refractivity contribution in [2.45, 2.75) is 32.4 Å². The Balaban J connectivity index is 2.08. The highest BCUT2D eigenvalue weighted by Crippen LogP contribution is 2.56. The van der Waals surface area contributed by atoms with E-state index in [1.165, 1.54) is 26.0 Å². The molecule has 0 radical (unpaired) electrons. The first-order valence-corrected chi connectivity index (χ1v) is 12.2. The van der Waals surface area contributed by atoms with Gasteiger partial charge < -0.3 is 19.3 Å². The summed E-state index contributed by atoms with van der Waals surface area (Å²) in [7, 11) is 2.66. The molecule has 1 unspecified atom stereocenters. The number of hydrogen-bond donors (Lipinski definition) is 0. The molecular weight excluding hydrogens is 450 g/mol. The van der Waals surface area contributed by atoms with Gasteiger partial charge in [0.2, 0.25) is 0 Å². The Hall–Kier alpha value is -3.26. The number of fused-ring (bicyclic) bond motifs is 1. The number of aliphatic imine (C=N–C) groups is 1. The van der Waals surface area contributed by atoms with E-state index in [2.05, 4.69) is 22.8 Å². The summed E-state index contributed by atoms with van der Waals surface area (Å²) in [5.74, 6) is -1.15. The molecule has 0 amide bonds. The topological polar surface area (TPSA) is 71.4 Å². The van der Waals surface area contributed by atoms with Crippen molar-refractivity contribution in [1.29, 1.82) is 0 Å². The van der Waals surface area contributed by atoms with Crippen molar-refractivity contribution in [3.05, 3.63) is 65.1 Å². The lowest BCUT2D eigenvalue weighted by Gasteiger charge is -2.43. The Morgan fingerprint density at radius 3 is 2.12 bits per heavy atom. The van der Waals surface area contributed by atoms with Gasteiger partial charge in [-0.15, -0.1) is 0 Å². The van der Waals surface area contributed by atoms with Gasteiger partial charge in [-0.1, -0.05) is 55.4 Å². The standard InChI is InChI=1S/C26H29N3O4S/c1-5-7-17-29-20-16-12-11-15-19(20)28(6-2)26(29)21(23(30)32-3)22(24(31)33-4)34-25(26)27-18-13-9-8-10-14-18/h8-16H,5-7,17H2,1-4H3. The van der Waals surface area contributed by atoms with Crippen LogP contribution in [0.3, 0.4) is 0 Å². The predicted molar refractivity (Wildman–Crippen MR) is 137 cm³/mol. The summed E-state index contributed by atoms with van der Waals surface area (Å²) in [6.45, 7) is 5.43. The molecule has 0 saturated heterocycles. The average Bonchev–Trinajstić information content (AvgIpc) is 3.34. The number of rotatable bonds is 7. The van der Waals surface area contributed by atoms with E-state index in [1.54, 1.807) is 0 Å². The number of nitrogens with zero attached hydrogens (tertiary/aromatic N) is 3. The lowest BCUT2D eigenvalue weighted by atomic mass is 9.95. The molecule has 1 atom stereocenters. The van der Waals surface area contributed by atoms with Crippen molar-refractivity contribution in [3.8, 4) is 0 Å². The molecule has 8 heteroatoms. The number of thioether (sulfide) groups is 1. The van der Waals surface area contributed by atoms with Crippen LogP contribution in [0.5, 0.6) is 0 Å². The molecule has 0 N–H and O–H groups in total. The maximum Gasteiger partial charge on any atom is 0.345 e. The largest absolute Gasteiger partial charge is 0.465 e. The molecule has 34 heavy (non-hydrogen) atoms. The van der Waals surface area contributed by atoms with Crippen molar-refractivity contribution in [3.63, 3.8) is 0 Å². The number of para-hydroxylation sites is 3. The lowest BCUT2D eigenvalue weighted by Crippen LogP contribution is -2.63. The van der Waals surface area contributed by atoms with E-state index in [1.807, 2.05) is 55.5 Å². The molecule has 178 valence electrons. The predicted octanol–water partition coefficient (Wildman–Crippen LogP) is 4.91. The van der Waals surface area contributed by atoms with Crippen LogP contribution in [-0.4, -0.2) is 50.0 Å². The number of carbonyl (C=O) groups excluding carboxylic acids is 2. The molecule has 7 nitrogen and oxygen atoms in total. The Kier molecular flexibility index (Phi) is 6.97. The summed E-state index contributed by atoms with van der Waals surface area (Å²) in [5, 5.41) is 0.619. The first-order chi connectivity index (χ1) is 16.5. The van der Waals surface area contributed by atoms with Crippen LogP contribution in [0, 0.1) is 0 Å². The van der Waals surface area contributed by atoms with Crippen LogP contribution in [0.4, 0.5) is 17.1 Å². The highest BCUT2D eigenvalue weighted by Gasteiger charge is 2.63. The lowest BCUT2D eigenvalue weighted by molar-refractivity contribution is -0.139. The van der Waals surface area contributed by atoms with Gasteiger partial charge in [0.25, 0.3) is 0 Å². The third-order valence-corrected chi connectivity index (χ3v) is 7.26. The molecule has 2 aromatic carbocycles. The van der Waals surface area contributed by atoms with Crippen molar-refractivity contribution in [2.24, 2.45) is 4.99 Å². The van der Waals surface area contributed by atoms with Crippen molar-refractivity contribution < 1.29 is 19.1 Å². The fourth-order valence-electron chi connectivity index (χ4n) is 4.69. The molecule has 4 rings (SSSR count). The first kappa shape index (κ1) is 23.9. The highest BCUT2D eigenvalue weighted by molar-refractivity contribution is 8.18. The monoisotopic (exact) mass is 479 g/mol. The number of hydrogen-bond acceptors (Lipinski definition) is 8. The number of unbranched alkanes of at least 4 members (excludes halogenated alkanes) is 1. The Labute approximate surface area is 204 Å². The SMILES string of the molecule is CCCCN1c2ccccc2N(CC)C12C(=Nc1ccccc1)SC(C(=O)OC)=C2C(=O)OC. The smallest absolute Gasteiger partial charge is 0.345 e. The van der Waals surface area contributed by atoms with Gasteiger partial charge >= 0.3 is 11.9 Å². The van der Waals surface area contributed by atoms with E-state index >= 15 is 0 Å². The molecule has 0 aliphatic carbocycles. The summed E-state index contributed by atoms with van der Waals surface area (Å²) in [6.07, 6.45) is 1.87. The molecule has 2 aromatic rings. The van der Waals surface area contributed by atoms with Crippen LogP contribution < -0.4 is 9.80 Å². The van der Waals surface area contributed by atoms with Crippen LogP contribution in [0.15, 0.2) is 70.1 Å². The van der Waals surface area contributed by atoms with Gasteiger partial charge in [0.1, 0.15) is 15.5 Å². The van der Waals surface area contributed by atoms with Gasteiger partial charge in [-0.2, -0.15) is 0 Å². The third-order valence-electron chi connectivity index (χ3n) is 6.12. The summed E-state index contributed by atoms with van der Waals surface area (Å²) in [5.41, 5.74) is 1.84. The van der Waals surface area contributed by atoms with Crippen LogP contribution in [-0.2, 0) is 19.1 Å². The zero-order chi connectivity index (χ0) is 24.3. The summed E-state index contributed by atoms with van der Waals surface area (Å²) in [4.78, 5) is 36.0. The number of carbonyl (C=O) groups is 2. The second-order valence-electron chi connectivity index (χ2n) is 7.95. The van der Waals surface area contributed by atoms with Crippen molar-refractivity contribution >= 4 is 45.8 Å². The minimum absolute atomic E-state index is 0.205. The number of likely N-dealkylation sites (N-methyl/N-ethyl adjacent to an activating group) is 1. The molecule has 2 heterocycles. The number of benzene rings is 2. The van der Waals surface area contributed by atoms with Gasteiger partial charge in [-0.25, -0.2) is 14.6 Å². The zero-order valence-corrected chi connectivity index (χ0v) is 20.7. The van der Waals surface area contributed by atoms with Gasteiger partial charge in [0.15, 0.2) is 5.66 Å². The molecule has 2 aliphatic heterocycles. The second kappa shape index (κ2) is 9.93. The molecule has 2 aliphatic rings. The van der Waals surface area contributed by atoms with E-state index in [4.69, 9.17) is 14.5 Å². The quantitative estimate of drug-likeness (QED) is 0.523. The maximum atomic E-state index is 13.4. The van der Waals surface area contributed by atoms with Crippen LogP contribution in [0.2, 0.25) is 0 Å². The van der Waals surface area contributed by atoms with Crippen LogP contribution in [0.25, 0.3) is 0 Å². The van der Waals surface area contributed by atoms with E-state index in [0.29, 0.717) is 18.1 Å². The molecule has 0 aromatic heterocycles. The fraction of sp³-hybridized carbons (Fsp3) is 0.346. The maximum absolute atomic E-state index is 13.4. The fourth-order valence-corrected chi connectivity index (χ4v) is 6.00. The van der Waals surface area contributed by atoms with E-state index in [9.17, 15) is 9.59 Å². The van der Waals surface area contributed by atoms with Gasteiger partial charge in [0, 0.05) is 13.1 Å². The van der Waals surface area contributed by atoms with Gasteiger partial charge in [0.05, 0.1) is 31.3 Å². The highest BCUT2D eigenvalue weighted by atomic mass is 32.2. The summed E-state index contributed by atoms with van der Waals surface area (Å²) < 4.78 is 10.4. The zero-order valence-electron chi connectivity index (χ0n) is 19.9. The molecule has 0 fully saturated rings. The average molecular weight is 480 g/mol. The number of methoxy groups -OCH3 is 2. The molecule has 0 saturated carbocycles. The number of anilines is 2. The van der Waals surface area contributed by atoms with Crippen LogP contribution in [0.1, 0.15) is 26.7 Å². The first-order valence-electron chi connectivity index (χ1n) is 11.4. The van der Waals surface area contributed by atoms with Gasteiger partial charge in [-0.3, -0.25) is 0 Å². The summed E-state index contributed by atoms with van der Waals surface area (Å²) >= 11 is 1.18. The van der Waals surface area contributed by atoms with E-state index < -0.39 is 17.6 Å². The van der Waals surface area contributed by atoms with E-state index in [0.717, 1.165) is 29.9 Å². The Morgan fingerprint density at radius 1 is 0.912 bits per heavy atom. The Bertz CT molecular complexity index is 1150. The molecule has 1 spiro atoms. The minimum atomic E-state index is -1.12.